The fourth-order valence-corrected chi connectivity index (χ4v) is 9.32. The highest BCUT2D eigenvalue weighted by molar-refractivity contribution is 5.76. The Balaban J connectivity index is 1.36. The molecule has 3 rings (SSSR count). The van der Waals surface area contributed by atoms with Crippen LogP contribution < -0.4 is 5.32 Å². The standard InChI is InChI=1S/C54H97NO18/c1-3-5-6-7-8-9-10-11-12-13-14-15-16-17-18-19-20-21-22-23-24-25-26-27-28-29-30-32-38(59)37(55-42(60)31-4-2)36-68-52-48(66)45(63)50(40(34-57)70-52)73-54-49(67)46(64)51(41(35-58)71-54)72-53-47(65)44(62)43(61)39(33-56)69-53/h22-23,26-27,30,32,37-41,43-54,56-59,61-67H,3-21,24-25,28-29,31,33-36H2,1-2H3,(H,55,60)/b23-22+,27-26+,32-30+. The Hall–Kier alpha value is -1.99. The van der Waals surface area contributed by atoms with Gasteiger partial charge in [-0.25, -0.2) is 0 Å². The molecule has 3 aliphatic heterocycles. The molecule has 73 heavy (non-hydrogen) atoms. The van der Waals surface area contributed by atoms with E-state index in [9.17, 15) is 61.0 Å². The highest BCUT2D eigenvalue weighted by Gasteiger charge is 2.53. The van der Waals surface area contributed by atoms with E-state index in [4.69, 9.17) is 28.4 Å². The van der Waals surface area contributed by atoms with Crippen LogP contribution in [0.4, 0.5) is 0 Å². The van der Waals surface area contributed by atoms with Crippen LogP contribution in [0.1, 0.15) is 168 Å². The molecule has 0 aliphatic carbocycles. The molecule has 3 aliphatic rings. The summed E-state index contributed by atoms with van der Waals surface area (Å²) in [5, 5.41) is 119. The molecule has 0 aromatic carbocycles. The zero-order valence-electron chi connectivity index (χ0n) is 43.9. The molecular formula is C54H97NO18. The number of unbranched alkanes of at least 4 members (excludes halogenated alkanes) is 19. The number of amides is 1. The predicted octanol–water partition coefficient (Wildman–Crippen LogP) is 3.37. The first-order valence-corrected chi connectivity index (χ1v) is 27.7. The Morgan fingerprint density at radius 2 is 0.877 bits per heavy atom. The van der Waals surface area contributed by atoms with E-state index in [2.05, 4.69) is 36.5 Å². The molecule has 0 bridgehead atoms. The minimum absolute atomic E-state index is 0.181. The van der Waals surface area contributed by atoms with Crippen molar-refractivity contribution in [2.75, 3.05) is 26.4 Å². The van der Waals surface area contributed by atoms with Gasteiger partial charge in [-0.3, -0.25) is 4.79 Å². The van der Waals surface area contributed by atoms with E-state index >= 15 is 0 Å². The summed E-state index contributed by atoms with van der Waals surface area (Å²) in [4.78, 5) is 12.6. The zero-order chi connectivity index (χ0) is 53.4. The monoisotopic (exact) mass is 1050 g/mol. The summed E-state index contributed by atoms with van der Waals surface area (Å²) in [6.07, 6.45) is 13.8. The van der Waals surface area contributed by atoms with Crippen LogP contribution in [-0.4, -0.2) is 193 Å². The smallest absolute Gasteiger partial charge is 0.220 e. The molecule has 1 amide bonds. The molecule has 0 aromatic heterocycles. The molecule has 0 radical (unpaired) electrons. The molecule has 3 fully saturated rings. The first-order chi connectivity index (χ1) is 35.3. The van der Waals surface area contributed by atoms with Crippen LogP contribution in [0.5, 0.6) is 0 Å². The van der Waals surface area contributed by atoms with Crippen molar-refractivity contribution in [1.29, 1.82) is 0 Å². The van der Waals surface area contributed by atoms with E-state index in [0.717, 1.165) is 25.7 Å². The lowest BCUT2D eigenvalue weighted by Crippen LogP contribution is -2.66. The molecule has 0 saturated carbocycles. The van der Waals surface area contributed by atoms with Gasteiger partial charge >= 0.3 is 0 Å². The van der Waals surface area contributed by atoms with Crippen LogP contribution in [0, 0.1) is 0 Å². The summed E-state index contributed by atoms with van der Waals surface area (Å²) in [5.74, 6) is -0.345. The van der Waals surface area contributed by atoms with Crippen molar-refractivity contribution < 1.29 is 89.4 Å². The summed E-state index contributed by atoms with van der Waals surface area (Å²) < 4.78 is 33.8. The predicted molar refractivity (Wildman–Crippen MR) is 272 cm³/mol. The van der Waals surface area contributed by atoms with Crippen molar-refractivity contribution >= 4 is 5.91 Å². The van der Waals surface area contributed by atoms with Gasteiger partial charge in [0.2, 0.25) is 5.91 Å². The second-order valence-corrected chi connectivity index (χ2v) is 20.0. The number of hydrogen-bond acceptors (Lipinski definition) is 18. The van der Waals surface area contributed by atoms with Crippen LogP contribution in [0.2, 0.25) is 0 Å². The van der Waals surface area contributed by atoms with Gasteiger partial charge in [-0.05, 0) is 44.9 Å². The van der Waals surface area contributed by atoms with Crippen molar-refractivity contribution in [1.82, 2.24) is 5.32 Å². The largest absolute Gasteiger partial charge is 0.394 e. The number of aliphatic hydroxyl groups excluding tert-OH is 11. The molecule has 17 unspecified atom stereocenters. The number of nitrogens with one attached hydrogen (secondary N) is 1. The van der Waals surface area contributed by atoms with Crippen LogP contribution in [-0.2, 0) is 33.2 Å². The number of allylic oxidation sites excluding steroid dienone is 5. The fraction of sp³-hybridized carbons (Fsp3) is 0.870. The minimum atomic E-state index is -1.98. The first-order valence-electron chi connectivity index (χ1n) is 27.7. The molecule has 3 saturated heterocycles. The van der Waals surface area contributed by atoms with Crippen molar-refractivity contribution in [2.24, 2.45) is 0 Å². The Labute approximate surface area is 434 Å². The number of rotatable bonds is 39. The molecular weight excluding hydrogens is 951 g/mol. The SMILES string of the molecule is CCCCCCCCCCCCCCCCCCC/C=C/CC/C=C/CC/C=C/C(O)C(COC1OC(CO)C(OC2OC(CO)C(OC3OC(CO)C(O)C(O)C3O)C(O)C2O)C(O)C1O)NC(=O)CCC. The summed E-state index contributed by atoms with van der Waals surface area (Å²) in [6, 6.07) is -0.989. The highest BCUT2D eigenvalue weighted by atomic mass is 16.8. The van der Waals surface area contributed by atoms with Crippen LogP contribution in [0.3, 0.4) is 0 Å². The number of ether oxygens (including phenoxy) is 6. The molecule has 17 atom stereocenters. The molecule has 12 N–H and O–H groups in total. The van der Waals surface area contributed by atoms with Crippen molar-refractivity contribution in [3.8, 4) is 0 Å². The number of hydrogen-bond donors (Lipinski definition) is 12. The minimum Gasteiger partial charge on any atom is -0.394 e. The Kier molecular flexibility index (Phi) is 34.5. The second kappa shape index (κ2) is 38.5. The second-order valence-electron chi connectivity index (χ2n) is 20.0. The fourth-order valence-electron chi connectivity index (χ4n) is 9.32. The van der Waals surface area contributed by atoms with E-state index < -0.39 is 124 Å². The Morgan fingerprint density at radius 3 is 1.34 bits per heavy atom. The van der Waals surface area contributed by atoms with E-state index in [1.165, 1.54) is 109 Å². The maximum atomic E-state index is 12.6. The lowest BCUT2D eigenvalue weighted by atomic mass is 9.96. The van der Waals surface area contributed by atoms with Crippen molar-refractivity contribution in [2.45, 2.75) is 272 Å². The zero-order valence-corrected chi connectivity index (χ0v) is 43.9. The molecule has 0 spiro atoms. The maximum absolute atomic E-state index is 12.6. The number of carbonyl (C=O) groups is 1. The maximum Gasteiger partial charge on any atom is 0.220 e. The molecule has 0 aromatic rings. The highest BCUT2D eigenvalue weighted by Crippen LogP contribution is 2.33. The summed E-state index contributed by atoms with van der Waals surface area (Å²) in [5.41, 5.74) is 0. The average Bonchev–Trinajstić information content (AvgIpc) is 3.38. The van der Waals surface area contributed by atoms with Gasteiger partial charge < -0.3 is 89.9 Å². The third-order valence-electron chi connectivity index (χ3n) is 13.9. The topological polar surface area (TPSA) is 307 Å². The summed E-state index contributed by atoms with van der Waals surface area (Å²) in [7, 11) is 0. The molecule has 19 nitrogen and oxygen atoms in total. The van der Waals surface area contributed by atoms with Gasteiger partial charge in [0.1, 0.15) is 73.2 Å². The van der Waals surface area contributed by atoms with Gasteiger partial charge in [0.25, 0.3) is 0 Å². The van der Waals surface area contributed by atoms with Gasteiger partial charge in [0.15, 0.2) is 18.9 Å². The number of aliphatic hydroxyl groups is 11. The molecule has 3 heterocycles. The summed E-state index contributed by atoms with van der Waals surface area (Å²) >= 11 is 0. The van der Waals surface area contributed by atoms with Gasteiger partial charge in [0, 0.05) is 6.42 Å². The van der Waals surface area contributed by atoms with Gasteiger partial charge in [-0.1, -0.05) is 153 Å². The quantitative estimate of drug-likeness (QED) is 0.0310. The third-order valence-corrected chi connectivity index (χ3v) is 13.9. The number of carbonyl (C=O) groups excluding carboxylic acids is 1. The normalized spacial score (nSPS) is 32.0. The van der Waals surface area contributed by atoms with Gasteiger partial charge in [-0.2, -0.15) is 0 Å². The van der Waals surface area contributed by atoms with Gasteiger partial charge in [-0.15, -0.1) is 0 Å². The van der Waals surface area contributed by atoms with Crippen LogP contribution in [0.15, 0.2) is 36.5 Å². The van der Waals surface area contributed by atoms with E-state index in [-0.39, 0.29) is 18.9 Å². The lowest BCUT2D eigenvalue weighted by molar-refractivity contribution is -0.379. The van der Waals surface area contributed by atoms with E-state index in [1.807, 2.05) is 6.92 Å². The Morgan fingerprint density at radius 1 is 0.479 bits per heavy atom. The van der Waals surface area contributed by atoms with E-state index in [0.29, 0.717) is 12.8 Å². The van der Waals surface area contributed by atoms with Crippen LogP contribution >= 0.6 is 0 Å². The average molecular weight is 1050 g/mol. The lowest BCUT2D eigenvalue weighted by Gasteiger charge is -2.48. The van der Waals surface area contributed by atoms with Crippen molar-refractivity contribution in [3.63, 3.8) is 0 Å². The Bertz CT molecular complexity index is 1490. The molecule has 19 heteroatoms. The van der Waals surface area contributed by atoms with Gasteiger partial charge in [0.05, 0.1) is 38.6 Å². The van der Waals surface area contributed by atoms with Crippen LogP contribution in [0.25, 0.3) is 0 Å². The first kappa shape index (κ1) is 65.3. The molecule has 426 valence electrons. The van der Waals surface area contributed by atoms with Crippen molar-refractivity contribution in [3.05, 3.63) is 36.5 Å². The third kappa shape index (κ3) is 23.7. The summed E-state index contributed by atoms with van der Waals surface area (Å²) in [6.45, 7) is 1.29. The van der Waals surface area contributed by atoms with E-state index in [1.54, 1.807) is 12.2 Å².